The van der Waals surface area contributed by atoms with E-state index in [0.717, 1.165) is 33.6 Å². The van der Waals surface area contributed by atoms with Crippen LogP contribution in [-0.2, 0) is 94.8 Å². The van der Waals surface area contributed by atoms with Gasteiger partial charge in [0.05, 0.1) is 17.3 Å². The largest absolute Gasteiger partial charge is 0.512 e. The molecule has 596 valence electrons. The minimum Gasteiger partial charge on any atom is -0.512 e. The van der Waals surface area contributed by atoms with E-state index in [1.807, 2.05) is 159 Å². The average molecular weight is 2250 g/mol. The van der Waals surface area contributed by atoms with Crippen LogP contribution in [0, 0.1) is 43.9 Å². The van der Waals surface area contributed by atoms with Crippen molar-refractivity contribution in [3.8, 4) is 45.0 Å². The van der Waals surface area contributed by atoms with Gasteiger partial charge in [0.15, 0.2) is 46.3 Å². The third kappa shape index (κ3) is 33.3. The van der Waals surface area contributed by atoms with Crippen LogP contribution >= 0.6 is 0 Å². The van der Waals surface area contributed by atoms with E-state index in [1.165, 1.54) is 71.9 Å². The molecule has 4 heterocycles. The normalized spacial score (nSPS) is 10.2. The molecule has 9 aromatic carbocycles. The number of hydrogen-bond acceptors (Lipinski definition) is 15. The van der Waals surface area contributed by atoms with Crippen LogP contribution in [0.1, 0.15) is 132 Å². The topological polar surface area (TPSA) is 249 Å². The van der Waals surface area contributed by atoms with E-state index >= 15 is 0 Å². The van der Waals surface area contributed by atoms with Crippen molar-refractivity contribution in [2.24, 2.45) is 0 Å². The Bertz CT molecular complexity index is 5310. The first-order valence-corrected chi connectivity index (χ1v) is 35.0. The van der Waals surface area contributed by atoms with Crippen molar-refractivity contribution in [1.29, 1.82) is 0 Å². The first kappa shape index (κ1) is 98.3. The second kappa shape index (κ2) is 51.7. The van der Waals surface area contributed by atoms with Gasteiger partial charge in [0.1, 0.15) is 0 Å². The predicted molar refractivity (Wildman–Crippen MR) is 434 cm³/mol. The minimum absolute atomic E-state index is 0. The SMILES string of the molecule is CC(=O)C=C(C)O.CC(=O)C=C(C)O.CC(=O)C=C(C)O.Cc1cccc(C(=O)c2cc[c-]c(-c3ccccn3)c2)c1.Cc1ccnc(-c2[c-]ccc(C(=O)c3ccccc3)c2)c1.O=C(c1ccccc1)c1cc(-c2ccccn2)[c-]cc1F.O=C(c1ccccc1)c1cc[c-]c(-c2cc(C(=O)c3ccccc3)ccn2)c1.[Ir].[Ir].[Ir].[Ir]. The number of pyridine rings is 4. The summed E-state index contributed by atoms with van der Waals surface area (Å²) in [5.41, 5.74) is 13.6. The molecule has 0 aliphatic rings. The third-order valence-corrected chi connectivity index (χ3v) is 15.4. The maximum Gasteiger partial charge on any atom is 0.192 e. The predicted octanol–water partition coefficient (Wildman–Crippen LogP) is 20.2. The second-order valence-electron chi connectivity index (χ2n) is 24.8. The zero-order chi connectivity index (χ0) is 80.9. The maximum atomic E-state index is 13.9. The Morgan fingerprint density at radius 3 is 0.940 bits per heavy atom. The molecule has 15 nitrogen and oxygen atoms in total. The average Bonchev–Trinajstić information content (AvgIpc) is 0.828. The van der Waals surface area contributed by atoms with E-state index < -0.39 is 5.82 Å². The van der Waals surface area contributed by atoms with Gasteiger partial charge in [-0.05, 0) is 114 Å². The van der Waals surface area contributed by atoms with E-state index in [-0.39, 0.29) is 150 Å². The number of aliphatic hydroxyl groups is 3. The fraction of sp³-hybridized carbons (Fsp3) is 0.0833. The quantitative estimate of drug-likeness (QED) is 0.0332. The molecular weight excluding hydrogens is 2170 g/mol. The number of benzene rings is 9. The number of rotatable bonds is 17. The summed E-state index contributed by atoms with van der Waals surface area (Å²) < 4.78 is 13.9. The van der Waals surface area contributed by atoms with Gasteiger partial charge >= 0.3 is 0 Å². The van der Waals surface area contributed by atoms with Crippen LogP contribution in [0.4, 0.5) is 4.39 Å². The molecular formula is C96H79FIr4N4O11-4. The first-order chi connectivity index (χ1) is 53.8. The van der Waals surface area contributed by atoms with E-state index in [0.29, 0.717) is 72.6 Å². The third-order valence-electron chi connectivity index (χ3n) is 15.4. The summed E-state index contributed by atoms with van der Waals surface area (Å²) in [5, 5.41) is 25.1. The standard InChI is InChI=1S/C25H16NO2.2C19H14NO.C18H11FNO.3C5H8O2.4Ir/c27-24(18-8-3-1-4-9-18)21-13-7-12-20(16-21)23-17-22(14-15-26-23)25(28)19-10-5-2-6-11-19;1-14-6-4-8-16(12-14)19(21)17-9-5-7-15(13-17)18-10-2-3-11-20-18;1-14-10-11-20-18(12-14)16-8-5-9-17(13-16)19(21)15-6-3-2-4-7-15;19-16-10-9-14(17-8-4-5-11-20-17)12-15(16)18(21)13-6-2-1-3-7-13;3*1-4(6)3-5(2)7;;;;/h1-11,13-17H;2-6,8-13H,1H3;2-7,9-13H,1H3;1-8,10-12H;3*3,6H,1-2H3;;;;/q4*-1;;;;;;;. The molecule has 3 N–H and O–H groups in total. The molecule has 0 unspecified atom stereocenters. The van der Waals surface area contributed by atoms with Gasteiger partial charge < -0.3 is 35.3 Å². The van der Waals surface area contributed by atoms with E-state index in [9.17, 15) is 42.7 Å². The summed E-state index contributed by atoms with van der Waals surface area (Å²) in [6.07, 6.45) is 10.2. The number of carbonyl (C=O) groups is 8. The summed E-state index contributed by atoms with van der Waals surface area (Å²) in [6, 6.07) is 93.1. The summed E-state index contributed by atoms with van der Waals surface area (Å²) in [7, 11) is 0. The van der Waals surface area contributed by atoms with Gasteiger partial charge in [-0.3, -0.25) is 42.7 Å². The van der Waals surface area contributed by atoms with Crippen molar-refractivity contribution in [3.63, 3.8) is 0 Å². The van der Waals surface area contributed by atoms with Crippen molar-refractivity contribution in [3.05, 3.63) is 430 Å². The van der Waals surface area contributed by atoms with E-state index in [2.05, 4.69) is 44.2 Å². The van der Waals surface area contributed by atoms with Crippen molar-refractivity contribution in [2.45, 2.75) is 55.4 Å². The molecule has 0 amide bonds. The fourth-order valence-electron chi connectivity index (χ4n) is 10.4. The monoisotopic (exact) mass is 2250 g/mol. The van der Waals surface area contributed by atoms with Crippen LogP contribution in [0.15, 0.2) is 333 Å². The molecule has 0 bridgehead atoms. The first-order valence-electron chi connectivity index (χ1n) is 35.0. The molecule has 0 aliphatic heterocycles. The summed E-state index contributed by atoms with van der Waals surface area (Å²) >= 11 is 0. The molecule has 0 spiro atoms. The van der Waals surface area contributed by atoms with Crippen molar-refractivity contribution in [2.75, 3.05) is 0 Å². The zero-order valence-corrected chi connectivity index (χ0v) is 73.7. The number of allylic oxidation sites excluding steroid dienone is 6. The second-order valence-corrected chi connectivity index (χ2v) is 24.8. The number of aromatic nitrogens is 4. The van der Waals surface area contributed by atoms with Gasteiger partial charge in [0.25, 0.3) is 0 Å². The van der Waals surface area contributed by atoms with E-state index in [4.69, 9.17) is 15.3 Å². The van der Waals surface area contributed by atoms with Crippen LogP contribution in [0.2, 0.25) is 0 Å². The van der Waals surface area contributed by atoms with Crippen LogP contribution in [0.5, 0.6) is 0 Å². The van der Waals surface area contributed by atoms with Gasteiger partial charge in [-0.25, -0.2) is 0 Å². The van der Waals surface area contributed by atoms with E-state index in [1.54, 1.807) is 140 Å². The maximum absolute atomic E-state index is 13.9. The van der Waals surface area contributed by atoms with Gasteiger partial charge in [-0.2, -0.15) is 0 Å². The Kier molecular flexibility index (Phi) is 43.8. The molecule has 0 aliphatic carbocycles. The van der Waals surface area contributed by atoms with Crippen LogP contribution in [-0.4, -0.2) is 81.5 Å². The number of carbonyl (C=O) groups excluding carboxylic acids is 8. The number of aliphatic hydroxyl groups excluding tert-OH is 3. The van der Waals surface area contributed by atoms with Crippen molar-refractivity contribution < 1.29 is 138 Å². The number of hydrogen-bond donors (Lipinski definition) is 3. The van der Waals surface area contributed by atoms with Gasteiger partial charge in [0.2, 0.25) is 0 Å². The minimum atomic E-state index is -0.580. The van der Waals surface area contributed by atoms with Crippen LogP contribution < -0.4 is 0 Å². The summed E-state index contributed by atoms with van der Waals surface area (Å²) in [5.74, 6) is -1.22. The van der Waals surface area contributed by atoms with Gasteiger partial charge in [0, 0.05) is 163 Å². The molecule has 13 aromatic rings. The Labute approximate surface area is 729 Å². The number of nitrogens with zero attached hydrogens (tertiary/aromatic N) is 4. The summed E-state index contributed by atoms with van der Waals surface area (Å²) in [6.45, 7) is 12.5. The molecule has 0 atom stereocenters. The molecule has 20 heteroatoms. The molecule has 0 fully saturated rings. The molecule has 0 saturated carbocycles. The molecule has 4 radical (unpaired) electrons. The Morgan fingerprint density at radius 2 is 0.595 bits per heavy atom. The molecule has 4 aromatic heterocycles. The Morgan fingerprint density at radius 1 is 0.293 bits per heavy atom. The van der Waals surface area contributed by atoms with Crippen molar-refractivity contribution >= 4 is 46.3 Å². The number of halogens is 1. The fourth-order valence-corrected chi connectivity index (χ4v) is 10.4. The van der Waals surface area contributed by atoms with Gasteiger partial charge in [-0.15, -0.1) is 113 Å². The zero-order valence-electron chi connectivity index (χ0n) is 64.1. The molecule has 116 heavy (non-hydrogen) atoms. The summed E-state index contributed by atoms with van der Waals surface area (Å²) in [4.78, 5) is 110. The van der Waals surface area contributed by atoms with Crippen LogP contribution in [0.3, 0.4) is 0 Å². The van der Waals surface area contributed by atoms with Gasteiger partial charge in [-0.1, -0.05) is 204 Å². The van der Waals surface area contributed by atoms with Crippen molar-refractivity contribution in [1.82, 2.24) is 19.9 Å². The Balaban J connectivity index is 0.000000367. The number of aryl methyl sites for hydroxylation is 2. The Hall–Kier alpha value is -11.9. The van der Waals surface area contributed by atoms with Crippen LogP contribution in [0.25, 0.3) is 45.0 Å². The smallest absolute Gasteiger partial charge is 0.192 e. The molecule has 13 rings (SSSR count). The number of ketones is 8. The molecule has 0 saturated heterocycles.